The summed E-state index contributed by atoms with van der Waals surface area (Å²) in [4.78, 5) is 14.7. The monoisotopic (exact) mass is 453 g/mol. The normalized spacial score (nSPS) is 12.5. The minimum absolute atomic E-state index is 0.110. The van der Waals surface area contributed by atoms with Crippen molar-refractivity contribution in [3.05, 3.63) is 77.0 Å². The number of H-pyrrole nitrogens is 1. The molecule has 3 N–H and O–H groups in total. The highest BCUT2D eigenvalue weighted by atomic mass is 16.3. The second-order valence-electron chi connectivity index (χ2n) is 8.39. The first-order valence-corrected chi connectivity index (χ1v) is 11.6. The number of aromatic nitrogens is 2. The van der Waals surface area contributed by atoms with E-state index in [0.29, 0.717) is 11.3 Å². The number of phenols is 1. The van der Waals surface area contributed by atoms with Crippen molar-refractivity contribution in [1.29, 1.82) is 0 Å². The molecule has 1 aliphatic carbocycles. The average Bonchev–Trinajstić information content (AvgIpc) is 3.50. The highest BCUT2D eigenvalue weighted by molar-refractivity contribution is 6.02. The molecule has 0 atom stereocenters. The number of rotatable bonds is 7. The number of phenolic OH excluding ortho intramolecular Hbond substituents is 1. The van der Waals surface area contributed by atoms with Gasteiger partial charge in [0.25, 0.3) is 5.91 Å². The SMILES string of the molecule is CCN(CC)c1ccc(C=NNC(=O)c2cc(-c3ccc4c5c(cccc35)CC4)n[nH]2)c(O)c1. The van der Waals surface area contributed by atoms with Crippen LogP contribution in [0.5, 0.6) is 5.75 Å². The molecule has 0 saturated heterocycles. The number of hydrogen-bond donors (Lipinski definition) is 3. The Hall–Kier alpha value is -4.13. The van der Waals surface area contributed by atoms with Crippen LogP contribution < -0.4 is 10.3 Å². The van der Waals surface area contributed by atoms with Crippen LogP contribution in [-0.2, 0) is 12.8 Å². The van der Waals surface area contributed by atoms with Crippen LogP contribution in [0.3, 0.4) is 0 Å². The fourth-order valence-electron chi connectivity index (χ4n) is 4.69. The number of nitrogens with zero attached hydrogens (tertiary/aromatic N) is 3. The number of carbonyl (C=O) groups excluding carboxylic acids is 1. The number of amides is 1. The maximum Gasteiger partial charge on any atom is 0.289 e. The molecule has 0 bridgehead atoms. The van der Waals surface area contributed by atoms with Crippen LogP contribution in [0.2, 0.25) is 0 Å². The van der Waals surface area contributed by atoms with Crippen molar-refractivity contribution in [3.8, 4) is 17.0 Å². The fraction of sp³-hybridized carbons (Fsp3) is 0.222. The lowest BCUT2D eigenvalue weighted by atomic mass is 9.98. The number of aromatic hydroxyl groups is 1. The average molecular weight is 454 g/mol. The topological polar surface area (TPSA) is 93.6 Å². The Morgan fingerprint density at radius 2 is 1.91 bits per heavy atom. The van der Waals surface area contributed by atoms with Crippen molar-refractivity contribution in [1.82, 2.24) is 15.6 Å². The summed E-state index contributed by atoms with van der Waals surface area (Å²) in [6.07, 6.45) is 3.56. The van der Waals surface area contributed by atoms with Crippen LogP contribution in [0, 0.1) is 0 Å². The lowest BCUT2D eigenvalue weighted by Crippen LogP contribution is -2.21. The lowest BCUT2D eigenvalue weighted by Gasteiger charge is -2.21. The number of benzene rings is 3. The standard InChI is InChI=1S/C27H27N5O2/c1-3-32(4-2)20-12-10-19(25(33)14-20)16-28-31-27(34)24-15-23(29-30-24)21-13-11-18-9-8-17-6-5-7-22(21)26(17)18/h5-7,10-16,33H,3-4,8-9H2,1-2H3,(H,29,30)(H,31,34). The Morgan fingerprint density at radius 1 is 1.12 bits per heavy atom. The van der Waals surface area contributed by atoms with Gasteiger partial charge in [0.2, 0.25) is 0 Å². The highest BCUT2D eigenvalue weighted by Crippen LogP contribution is 2.36. The van der Waals surface area contributed by atoms with E-state index in [1.54, 1.807) is 18.2 Å². The molecular formula is C27H27N5O2. The van der Waals surface area contributed by atoms with Gasteiger partial charge >= 0.3 is 0 Å². The van der Waals surface area contributed by atoms with Crippen LogP contribution in [0.4, 0.5) is 5.69 Å². The number of nitrogens with one attached hydrogen (secondary N) is 2. The summed E-state index contributed by atoms with van der Waals surface area (Å²) in [5.41, 5.74) is 8.73. The van der Waals surface area contributed by atoms with Gasteiger partial charge in [-0.05, 0) is 66.8 Å². The Kier molecular flexibility index (Phi) is 5.76. The molecule has 1 aliphatic rings. The van der Waals surface area contributed by atoms with E-state index in [1.807, 2.05) is 6.07 Å². The second kappa shape index (κ2) is 9.02. The van der Waals surface area contributed by atoms with Gasteiger partial charge in [-0.25, -0.2) is 5.43 Å². The summed E-state index contributed by atoms with van der Waals surface area (Å²) in [6, 6.07) is 17.7. The number of carbonyl (C=O) groups is 1. The molecule has 0 spiro atoms. The molecule has 4 aromatic rings. The summed E-state index contributed by atoms with van der Waals surface area (Å²) in [6.45, 7) is 5.84. The Bertz CT molecular complexity index is 1390. The van der Waals surface area contributed by atoms with Crippen LogP contribution in [0.1, 0.15) is 41.0 Å². The molecule has 1 aromatic heterocycles. The van der Waals surface area contributed by atoms with Crippen LogP contribution >= 0.6 is 0 Å². The predicted molar refractivity (Wildman–Crippen MR) is 136 cm³/mol. The van der Waals surface area contributed by atoms with Gasteiger partial charge in [-0.1, -0.05) is 30.3 Å². The number of aromatic amines is 1. The largest absolute Gasteiger partial charge is 0.507 e. The summed E-state index contributed by atoms with van der Waals surface area (Å²) in [7, 11) is 0. The molecule has 34 heavy (non-hydrogen) atoms. The zero-order valence-electron chi connectivity index (χ0n) is 19.3. The van der Waals surface area contributed by atoms with Crippen molar-refractivity contribution in [3.63, 3.8) is 0 Å². The van der Waals surface area contributed by atoms with E-state index in [1.165, 1.54) is 22.7 Å². The lowest BCUT2D eigenvalue weighted by molar-refractivity contribution is 0.0950. The molecule has 5 rings (SSSR count). The Morgan fingerprint density at radius 3 is 2.68 bits per heavy atom. The minimum atomic E-state index is -0.403. The van der Waals surface area contributed by atoms with Crippen molar-refractivity contribution in [2.75, 3.05) is 18.0 Å². The van der Waals surface area contributed by atoms with Crippen LogP contribution in [0.15, 0.2) is 59.7 Å². The predicted octanol–water partition coefficient (Wildman–Crippen LogP) is 4.64. The molecule has 172 valence electrons. The van der Waals surface area contributed by atoms with Gasteiger partial charge in [0.1, 0.15) is 11.4 Å². The number of aryl methyl sites for hydroxylation is 2. The Labute approximate surface area is 198 Å². The van der Waals surface area contributed by atoms with Gasteiger partial charge in [-0.2, -0.15) is 10.2 Å². The third kappa shape index (κ3) is 3.90. The number of hydrazone groups is 1. The first kappa shape index (κ1) is 21.7. The first-order chi connectivity index (χ1) is 16.6. The van der Waals surface area contributed by atoms with Crippen molar-refractivity contribution >= 4 is 28.6 Å². The van der Waals surface area contributed by atoms with E-state index in [0.717, 1.165) is 48.3 Å². The first-order valence-electron chi connectivity index (χ1n) is 11.6. The van der Waals surface area contributed by atoms with Gasteiger partial charge in [-0.3, -0.25) is 9.89 Å². The van der Waals surface area contributed by atoms with Gasteiger partial charge < -0.3 is 10.0 Å². The Balaban J connectivity index is 1.31. The number of hydrogen-bond acceptors (Lipinski definition) is 5. The highest BCUT2D eigenvalue weighted by Gasteiger charge is 2.18. The van der Waals surface area contributed by atoms with E-state index >= 15 is 0 Å². The van der Waals surface area contributed by atoms with E-state index in [2.05, 4.69) is 69.8 Å². The maximum atomic E-state index is 12.6. The quantitative estimate of drug-likeness (QED) is 0.281. The van der Waals surface area contributed by atoms with Gasteiger partial charge in [0, 0.05) is 36.0 Å². The third-order valence-electron chi connectivity index (χ3n) is 6.49. The summed E-state index contributed by atoms with van der Waals surface area (Å²) in [5.74, 6) is -0.293. The molecule has 0 fully saturated rings. The summed E-state index contributed by atoms with van der Waals surface area (Å²) >= 11 is 0. The van der Waals surface area contributed by atoms with Gasteiger partial charge in [0.05, 0.1) is 11.9 Å². The van der Waals surface area contributed by atoms with Crippen molar-refractivity contribution in [2.45, 2.75) is 26.7 Å². The summed E-state index contributed by atoms with van der Waals surface area (Å²) in [5, 5.41) is 24.0. The molecule has 0 unspecified atom stereocenters. The van der Waals surface area contributed by atoms with Crippen molar-refractivity contribution in [2.24, 2.45) is 5.10 Å². The smallest absolute Gasteiger partial charge is 0.289 e. The molecule has 1 heterocycles. The third-order valence-corrected chi connectivity index (χ3v) is 6.49. The van der Waals surface area contributed by atoms with Gasteiger partial charge in [0.15, 0.2) is 0 Å². The maximum absolute atomic E-state index is 12.6. The molecule has 0 radical (unpaired) electrons. The van der Waals surface area contributed by atoms with Gasteiger partial charge in [-0.15, -0.1) is 0 Å². The number of anilines is 1. The minimum Gasteiger partial charge on any atom is -0.507 e. The molecule has 3 aromatic carbocycles. The van der Waals surface area contributed by atoms with Crippen LogP contribution in [-0.4, -0.2) is 40.5 Å². The molecule has 7 nitrogen and oxygen atoms in total. The van der Waals surface area contributed by atoms with E-state index in [9.17, 15) is 9.90 Å². The zero-order valence-corrected chi connectivity index (χ0v) is 19.3. The molecule has 0 saturated carbocycles. The van der Waals surface area contributed by atoms with Crippen molar-refractivity contribution < 1.29 is 9.90 Å². The van der Waals surface area contributed by atoms with Crippen LogP contribution in [0.25, 0.3) is 22.0 Å². The molecule has 0 aliphatic heterocycles. The fourth-order valence-corrected chi connectivity index (χ4v) is 4.69. The summed E-state index contributed by atoms with van der Waals surface area (Å²) < 4.78 is 0. The second-order valence-corrected chi connectivity index (χ2v) is 8.39. The van der Waals surface area contributed by atoms with E-state index in [-0.39, 0.29) is 5.75 Å². The zero-order chi connectivity index (χ0) is 23.7. The molecule has 1 amide bonds. The van der Waals surface area contributed by atoms with E-state index in [4.69, 9.17) is 0 Å². The molecular weight excluding hydrogens is 426 g/mol. The molecule has 7 heteroatoms. The van der Waals surface area contributed by atoms with E-state index < -0.39 is 5.91 Å².